The van der Waals surface area contributed by atoms with Crippen molar-refractivity contribution in [3.05, 3.63) is 70.2 Å². The van der Waals surface area contributed by atoms with E-state index in [2.05, 4.69) is 4.99 Å². The average Bonchev–Trinajstić information content (AvgIpc) is 2.95. The molecule has 3 rings (SSSR count). The van der Waals surface area contributed by atoms with E-state index in [1.807, 2.05) is 53.7 Å². The Hall–Kier alpha value is -2.95. The van der Waals surface area contributed by atoms with Crippen LogP contribution in [0.5, 0.6) is 5.75 Å². The Morgan fingerprint density at radius 3 is 2.07 bits per heavy atom. The van der Waals surface area contributed by atoms with E-state index in [0.717, 1.165) is 16.7 Å². The fraction of sp³-hybridized carbons (Fsp3) is 0.333. The number of aromatic hydroxyl groups is 1. The van der Waals surface area contributed by atoms with Gasteiger partial charge in [0.15, 0.2) is 5.70 Å². The van der Waals surface area contributed by atoms with Crippen molar-refractivity contribution in [2.75, 3.05) is 0 Å². The van der Waals surface area contributed by atoms with Gasteiger partial charge in [-0.2, -0.15) is 0 Å². The minimum Gasteiger partial charge on any atom is -0.507 e. The molecule has 1 aliphatic rings. The molecule has 0 atom stereocenters. The highest BCUT2D eigenvalue weighted by Crippen LogP contribution is 2.40. The maximum Gasteiger partial charge on any atom is 0.363 e. The molecule has 0 bridgehead atoms. The zero-order valence-electron chi connectivity index (χ0n) is 17.6. The minimum absolute atomic E-state index is 0.0507. The van der Waals surface area contributed by atoms with Crippen molar-refractivity contribution in [2.45, 2.75) is 52.4 Å². The molecular formula is C24H26FNO3. The highest BCUT2D eigenvalue weighted by Gasteiger charge is 2.28. The fourth-order valence-electron chi connectivity index (χ4n) is 3.20. The number of hydrogen-bond acceptors (Lipinski definition) is 4. The molecule has 2 aromatic carbocycles. The Kier molecular flexibility index (Phi) is 5.11. The number of ether oxygens (including phenoxy) is 1. The van der Waals surface area contributed by atoms with Crippen LogP contribution in [-0.2, 0) is 20.4 Å². The predicted molar refractivity (Wildman–Crippen MR) is 113 cm³/mol. The molecule has 0 aliphatic carbocycles. The van der Waals surface area contributed by atoms with Crippen molar-refractivity contribution < 1.29 is 19.0 Å². The van der Waals surface area contributed by atoms with Crippen molar-refractivity contribution in [3.8, 4) is 5.75 Å². The zero-order valence-corrected chi connectivity index (χ0v) is 17.6. The van der Waals surface area contributed by atoms with Crippen LogP contribution in [0.15, 0.2) is 47.1 Å². The lowest BCUT2D eigenvalue weighted by Crippen LogP contribution is -2.17. The van der Waals surface area contributed by atoms with E-state index in [-0.39, 0.29) is 33.7 Å². The van der Waals surface area contributed by atoms with Crippen molar-refractivity contribution in [2.24, 2.45) is 4.99 Å². The second kappa shape index (κ2) is 7.14. The third kappa shape index (κ3) is 4.24. The number of cyclic esters (lactones) is 1. The zero-order chi connectivity index (χ0) is 21.6. The molecule has 0 saturated carbocycles. The Morgan fingerprint density at radius 1 is 1.00 bits per heavy atom. The van der Waals surface area contributed by atoms with E-state index in [4.69, 9.17) is 4.74 Å². The molecule has 2 aromatic rings. The van der Waals surface area contributed by atoms with E-state index in [1.165, 1.54) is 12.1 Å². The monoisotopic (exact) mass is 395 g/mol. The summed E-state index contributed by atoms with van der Waals surface area (Å²) in [6.45, 7) is 12.1. The topological polar surface area (TPSA) is 58.9 Å². The first-order valence-corrected chi connectivity index (χ1v) is 9.53. The summed E-state index contributed by atoms with van der Waals surface area (Å²) in [6.07, 6.45) is 1.61. The molecule has 0 fully saturated rings. The highest BCUT2D eigenvalue weighted by molar-refractivity contribution is 6.13. The van der Waals surface area contributed by atoms with Gasteiger partial charge in [-0.3, -0.25) is 0 Å². The van der Waals surface area contributed by atoms with Gasteiger partial charge < -0.3 is 9.84 Å². The largest absolute Gasteiger partial charge is 0.507 e. The summed E-state index contributed by atoms with van der Waals surface area (Å²) in [5.41, 5.74) is 1.92. The highest BCUT2D eigenvalue weighted by atomic mass is 19.1. The molecule has 5 heteroatoms. The van der Waals surface area contributed by atoms with E-state index in [0.29, 0.717) is 0 Å². The standard InChI is InChI=1S/C24H26FNO3/c1-23(2,3)16-11-14(12-17(20(16)27)24(4,5)6)13-19-22(28)29-21(26-19)15-9-7-8-10-18(15)25/h7-13,27H,1-6H3/b19-13-. The van der Waals surface area contributed by atoms with Gasteiger partial charge in [-0.25, -0.2) is 14.2 Å². The van der Waals surface area contributed by atoms with Gasteiger partial charge in [-0.05, 0) is 46.7 Å². The summed E-state index contributed by atoms with van der Waals surface area (Å²) in [4.78, 5) is 16.5. The summed E-state index contributed by atoms with van der Waals surface area (Å²) in [6, 6.07) is 9.72. The quantitative estimate of drug-likeness (QED) is 0.542. The van der Waals surface area contributed by atoms with Gasteiger partial charge >= 0.3 is 5.97 Å². The lowest BCUT2D eigenvalue weighted by molar-refractivity contribution is -0.129. The number of phenolic OH excluding ortho intramolecular Hbond substituents is 1. The molecule has 0 radical (unpaired) electrons. The van der Waals surface area contributed by atoms with Gasteiger partial charge in [0.05, 0.1) is 5.56 Å². The molecular weight excluding hydrogens is 369 g/mol. The van der Waals surface area contributed by atoms with Crippen LogP contribution in [0.3, 0.4) is 0 Å². The molecule has 0 unspecified atom stereocenters. The number of nitrogens with zero attached hydrogens (tertiary/aromatic N) is 1. The smallest absolute Gasteiger partial charge is 0.363 e. The number of carbonyl (C=O) groups excluding carboxylic acids is 1. The van der Waals surface area contributed by atoms with Gasteiger partial charge in [0, 0.05) is 11.1 Å². The molecule has 29 heavy (non-hydrogen) atoms. The SMILES string of the molecule is CC(C)(C)c1cc(/C=C2\N=C(c3ccccc3F)OC2=O)cc(C(C)(C)C)c1O. The Bertz CT molecular complexity index is 1000. The minimum atomic E-state index is -0.633. The number of carbonyl (C=O) groups is 1. The summed E-state index contributed by atoms with van der Waals surface area (Å²) in [5.74, 6) is -0.928. The van der Waals surface area contributed by atoms with Gasteiger partial charge in [0.25, 0.3) is 0 Å². The number of benzene rings is 2. The number of rotatable bonds is 2. The first-order chi connectivity index (χ1) is 13.4. The van der Waals surface area contributed by atoms with Crippen LogP contribution in [-0.4, -0.2) is 17.0 Å². The number of esters is 1. The molecule has 0 amide bonds. The molecule has 1 aliphatic heterocycles. The number of hydrogen-bond donors (Lipinski definition) is 1. The van der Waals surface area contributed by atoms with Crippen molar-refractivity contribution >= 4 is 17.9 Å². The number of halogens is 1. The number of phenols is 1. The number of aliphatic imine (C=N–C) groups is 1. The summed E-state index contributed by atoms with van der Waals surface area (Å²) >= 11 is 0. The normalized spacial score (nSPS) is 16.2. The third-order valence-electron chi connectivity index (χ3n) is 4.78. The maximum atomic E-state index is 14.0. The Labute approximate surface area is 170 Å². The maximum absolute atomic E-state index is 14.0. The predicted octanol–water partition coefficient (Wildman–Crippen LogP) is 5.47. The second-order valence-corrected chi connectivity index (χ2v) is 9.28. The Morgan fingerprint density at radius 2 is 1.55 bits per heavy atom. The second-order valence-electron chi connectivity index (χ2n) is 9.28. The van der Waals surface area contributed by atoms with Gasteiger partial charge in [-0.1, -0.05) is 53.7 Å². The molecule has 0 saturated heterocycles. The van der Waals surface area contributed by atoms with Crippen LogP contribution >= 0.6 is 0 Å². The summed E-state index contributed by atoms with van der Waals surface area (Å²) in [5, 5.41) is 10.8. The average molecular weight is 395 g/mol. The van der Waals surface area contributed by atoms with Crippen molar-refractivity contribution in [1.82, 2.24) is 0 Å². The molecule has 152 valence electrons. The molecule has 1 N–H and O–H groups in total. The van der Waals surface area contributed by atoms with Crippen LogP contribution in [0.25, 0.3) is 6.08 Å². The van der Waals surface area contributed by atoms with Crippen LogP contribution < -0.4 is 0 Å². The summed E-state index contributed by atoms with van der Waals surface area (Å²) < 4.78 is 19.2. The lowest BCUT2D eigenvalue weighted by Gasteiger charge is -2.27. The summed E-state index contributed by atoms with van der Waals surface area (Å²) in [7, 11) is 0. The van der Waals surface area contributed by atoms with E-state index < -0.39 is 11.8 Å². The third-order valence-corrected chi connectivity index (χ3v) is 4.78. The van der Waals surface area contributed by atoms with E-state index in [9.17, 15) is 14.3 Å². The van der Waals surface area contributed by atoms with Crippen LogP contribution in [0, 0.1) is 5.82 Å². The van der Waals surface area contributed by atoms with Gasteiger partial charge in [-0.15, -0.1) is 0 Å². The molecule has 0 aromatic heterocycles. The van der Waals surface area contributed by atoms with E-state index >= 15 is 0 Å². The first kappa shape index (κ1) is 20.8. The molecule has 0 spiro atoms. The molecule has 1 heterocycles. The van der Waals surface area contributed by atoms with Crippen molar-refractivity contribution in [1.29, 1.82) is 0 Å². The van der Waals surface area contributed by atoms with Crippen LogP contribution in [0.1, 0.15) is 63.8 Å². The lowest BCUT2D eigenvalue weighted by atomic mass is 9.78. The first-order valence-electron chi connectivity index (χ1n) is 9.53. The van der Waals surface area contributed by atoms with Crippen LogP contribution in [0.4, 0.5) is 4.39 Å². The fourth-order valence-corrected chi connectivity index (χ4v) is 3.20. The van der Waals surface area contributed by atoms with Crippen molar-refractivity contribution in [3.63, 3.8) is 0 Å². The van der Waals surface area contributed by atoms with Gasteiger partial charge in [0.1, 0.15) is 11.6 Å². The van der Waals surface area contributed by atoms with Gasteiger partial charge in [0.2, 0.25) is 5.90 Å². The van der Waals surface area contributed by atoms with E-state index in [1.54, 1.807) is 18.2 Å². The van der Waals surface area contributed by atoms with Crippen LogP contribution in [0.2, 0.25) is 0 Å². The Balaban J connectivity index is 2.12. The molecule has 4 nitrogen and oxygen atoms in total.